The lowest BCUT2D eigenvalue weighted by molar-refractivity contribution is 0.585. The molecular formula is C29H21NOS. The highest BCUT2D eigenvalue weighted by Crippen LogP contribution is 2.39. The number of fused-ring (bicyclic) bond motifs is 3. The molecule has 0 fully saturated rings. The van der Waals surface area contributed by atoms with E-state index in [1.165, 1.54) is 15.5 Å². The summed E-state index contributed by atoms with van der Waals surface area (Å²) in [6.07, 6.45) is 5.97. The van der Waals surface area contributed by atoms with Crippen molar-refractivity contribution in [3.05, 3.63) is 88.6 Å². The van der Waals surface area contributed by atoms with Gasteiger partial charge in [0, 0.05) is 32.5 Å². The van der Waals surface area contributed by atoms with Crippen molar-refractivity contribution in [2.75, 3.05) is 0 Å². The van der Waals surface area contributed by atoms with E-state index in [0.717, 1.165) is 43.5 Å². The quantitative estimate of drug-likeness (QED) is 0.296. The Labute approximate surface area is 190 Å². The van der Waals surface area contributed by atoms with Crippen molar-refractivity contribution in [1.82, 2.24) is 4.98 Å². The third-order valence-electron chi connectivity index (χ3n) is 5.92. The third kappa shape index (κ3) is 3.07. The molecule has 0 atom stereocenters. The van der Waals surface area contributed by atoms with Gasteiger partial charge in [-0.1, -0.05) is 50.4 Å². The zero-order chi connectivity index (χ0) is 21.9. The monoisotopic (exact) mass is 431 g/mol. The number of allylic oxidation sites excluding steroid dienone is 1. The summed E-state index contributed by atoms with van der Waals surface area (Å²) in [6.45, 7) is 6.75. The van der Waals surface area contributed by atoms with Crippen LogP contribution in [-0.4, -0.2) is 4.98 Å². The van der Waals surface area contributed by atoms with Crippen molar-refractivity contribution in [3.63, 3.8) is 0 Å². The van der Waals surface area contributed by atoms with Gasteiger partial charge in [-0.15, -0.1) is 11.3 Å². The summed E-state index contributed by atoms with van der Waals surface area (Å²) < 4.78 is 7.33. The van der Waals surface area contributed by atoms with Gasteiger partial charge in [0.2, 0.25) is 0 Å². The second-order valence-electron chi connectivity index (χ2n) is 9.17. The average Bonchev–Trinajstić information content (AvgIpc) is 3.41. The molecule has 2 aromatic carbocycles. The zero-order valence-corrected chi connectivity index (χ0v) is 19.0. The van der Waals surface area contributed by atoms with Crippen LogP contribution in [0.25, 0.3) is 54.8 Å². The minimum atomic E-state index is 0.00539. The molecule has 1 aliphatic rings. The molecule has 0 saturated heterocycles. The van der Waals surface area contributed by atoms with Crippen molar-refractivity contribution >= 4 is 44.2 Å². The lowest BCUT2D eigenvalue weighted by Gasteiger charge is -2.21. The fourth-order valence-corrected chi connectivity index (χ4v) is 5.37. The molecule has 2 nitrogen and oxygen atoms in total. The van der Waals surface area contributed by atoms with Crippen LogP contribution in [-0.2, 0) is 5.41 Å². The number of pyridine rings is 1. The van der Waals surface area contributed by atoms with Crippen LogP contribution in [0.4, 0.5) is 0 Å². The zero-order valence-electron chi connectivity index (χ0n) is 18.2. The number of hydrogen-bond acceptors (Lipinski definition) is 3. The van der Waals surface area contributed by atoms with Crippen LogP contribution in [0, 0.1) is 0 Å². The van der Waals surface area contributed by atoms with Crippen LogP contribution >= 0.6 is 11.3 Å². The summed E-state index contributed by atoms with van der Waals surface area (Å²) in [6, 6.07) is 19.0. The van der Waals surface area contributed by atoms with Crippen LogP contribution in [0.2, 0.25) is 0 Å². The Bertz CT molecular complexity index is 1700. The van der Waals surface area contributed by atoms with Gasteiger partial charge >= 0.3 is 0 Å². The molecule has 3 heterocycles. The summed E-state index contributed by atoms with van der Waals surface area (Å²) in [5.74, 6) is 0.898. The summed E-state index contributed by atoms with van der Waals surface area (Å²) in [5.41, 5.74) is 10.7. The van der Waals surface area contributed by atoms with Crippen LogP contribution in [0.5, 0.6) is 0 Å². The molecule has 6 rings (SSSR count). The van der Waals surface area contributed by atoms with Crippen molar-refractivity contribution < 1.29 is 4.42 Å². The Morgan fingerprint density at radius 3 is 2.72 bits per heavy atom. The Kier molecular flexibility index (Phi) is 4.15. The molecule has 0 aliphatic heterocycles. The van der Waals surface area contributed by atoms with E-state index >= 15 is 0 Å². The van der Waals surface area contributed by atoms with E-state index in [0.29, 0.717) is 0 Å². The SMILES string of the molecule is CC(C)(C)c1cc(-c2nccc3sc(-c4cc5ccccc5o4)cc23)cc2c1=CC=C=C=2. The topological polar surface area (TPSA) is 26.0 Å². The molecule has 0 N–H and O–H groups in total. The maximum Gasteiger partial charge on any atom is 0.145 e. The lowest BCUT2D eigenvalue weighted by atomic mass is 9.83. The number of rotatable bonds is 2. The van der Waals surface area contributed by atoms with Gasteiger partial charge in [-0.05, 0) is 64.7 Å². The Hall–Kier alpha value is -3.61. The first-order valence-corrected chi connectivity index (χ1v) is 11.5. The predicted molar refractivity (Wildman–Crippen MR) is 134 cm³/mol. The van der Waals surface area contributed by atoms with E-state index in [2.05, 4.69) is 74.7 Å². The minimum absolute atomic E-state index is 0.00539. The number of hydrogen-bond donors (Lipinski definition) is 0. The summed E-state index contributed by atoms with van der Waals surface area (Å²) in [7, 11) is 0. The van der Waals surface area contributed by atoms with E-state index in [1.54, 1.807) is 11.3 Å². The number of furan rings is 1. The molecule has 0 amide bonds. The summed E-state index contributed by atoms with van der Waals surface area (Å²) in [4.78, 5) is 5.92. The van der Waals surface area contributed by atoms with Gasteiger partial charge in [0.25, 0.3) is 0 Å². The maximum absolute atomic E-state index is 6.13. The van der Waals surface area contributed by atoms with E-state index in [1.807, 2.05) is 30.5 Å². The number of aromatic nitrogens is 1. The fraction of sp³-hybridized carbons (Fsp3) is 0.138. The second-order valence-corrected chi connectivity index (χ2v) is 10.3. The fourth-order valence-electron chi connectivity index (χ4n) is 4.36. The molecule has 3 heteroatoms. The van der Waals surface area contributed by atoms with E-state index < -0.39 is 0 Å². The van der Waals surface area contributed by atoms with Crippen LogP contribution in [0.1, 0.15) is 26.3 Å². The van der Waals surface area contributed by atoms with Gasteiger partial charge < -0.3 is 4.42 Å². The van der Waals surface area contributed by atoms with E-state index in [9.17, 15) is 0 Å². The highest BCUT2D eigenvalue weighted by atomic mass is 32.1. The van der Waals surface area contributed by atoms with Crippen molar-refractivity contribution in [2.24, 2.45) is 0 Å². The molecule has 0 saturated carbocycles. The van der Waals surface area contributed by atoms with Gasteiger partial charge in [0.05, 0.1) is 10.6 Å². The van der Waals surface area contributed by atoms with Crippen LogP contribution in [0.3, 0.4) is 0 Å². The van der Waals surface area contributed by atoms with Crippen molar-refractivity contribution in [3.8, 4) is 21.9 Å². The van der Waals surface area contributed by atoms with E-state index in [-0.39, 0.29) is 5.41 Å². The number of benzene rings is 2. The highest BCUT2D eigenvalue weighted by molar-refractivity contribution is 7.22. The average molecular weight is 432 g/mol. The first-order chi connectivity index (χ1) is 15.5. The summed E-state index contributed by atoms with van der Waals surface area (Å²) >= 11 is 1.74. The first-order valence-electron chi connectivity index (χ1n) is 10.7. The minimum Gasteiger partial charge on any atom is -0.455 e. The standard InChI is InChI=1S/C29H21NOS/c1-29(2,3)23-15-20(14-18-8-4-6-10-21(18)23)28-22-17-27(32-26(22)12-13-30-28)25-16-19-9-5-7-11-24(19)31-25/h5-7,9-17H,1-3H3. The number of nitrogens with zero attached hydrogens (tertiary/aromatic N) is 1. The van der Waals surface area contributed by atoms with Crippen molar-refractivity contribution in [2.45, 2.75) is 26.2 Å². The smallest absolute Gasteiger partial charge is 0.145 e. The summed E-state index contributed by atoms with van der Waals surface area (Å²) in [5, 5.41) is 4.56. The van der Waals surface area contributed by atoms with Crippen molar-refractivity contribution in [1.29, 1.82) is 0 Å². The van der Waals surface area contributed by atoms with Gasteiger partial charge in [0.1, 0.15) is 11.3 Å². The lowest BCUT2D eigenvalue weighted by Crippen LogP contribution is -2.34. The molecule has 0 bridgehead atoms. The molecule has 0 unspecified atom stereocenters. The van der Waals surface area contributed by atoms with E-state index in [4.69, 9.17) is 9.40 Å². The van der Waals surface area contributed by atoms with Crippen LogP contribution in [0.15, 0.2) is 77.0 Å². The molecule has 3 aromatic heterocycles. The predicted octanol–water partition coefficient (Wildman–Crippen LogP) is 6.56. The third-order valence-corrected chi connectivity index (χ3v) is 7.03. The Morgan fingerprint density at radius 2 is 1.88 bits per heavy atom. The highest BCUT2D eigenvalue weighted by Gasteiger charge is 2.19. The number of para-hydroxylation sites is 1. The van der Waals surface area contributed by atoms with Gasteiger partial charge in [-0.25, -0.2) is 0 Å². The van der Waals surface area contributed by atoms with Gasteiger partial charge in [-0.3, -0.25) is 4.98 Å². The normalized spacial score (nSPS) is 12.7. The maximum atomic E-state index is 6.13. The number of thiophene rings is 1. The van der Waals surface area contributed by atoms with Crippen LogP contribution < -0.4 is 10.4 Å². The molecule has 32 heavy (non-hydrogen) atoms. The molecule has 5 aromatic rings. The molecule has 1 aliphatic carbocycles. The van der Waals surface area contributed by atoms with Gasteiger partial charge in [-0.2, -0.15) is 0 Å². The Balaban J connectivity index is 1.58. The molecule has 0 radical (unpaired) electrons. The molecular weight excluding hydrogens is 410 g/mol. The largest absolute Gasteiger partial charge is 0.455 e. The first kappa shape index (κ1) is 19.1. The van der Waals surface area contributed by atoms with Gasteiger partial charge in [0.15, 0.2) is 0 Å². The molecule has 0 spiro atoms. The second kappa shape index (κ2) is 6.95. The Morgan fingerprint density at radius 1 is 1.00 bits per heavy atom. The molecule has 154 valence electrons.